The molecule has 1 saturated carbocycles. The van der Waals surface area contributed by atoms with Crippen molar-refractivity contribution in [1.29, 1.82) is 0 Å². The fourth-order valence-corrected chi connectivity index (χ4v) is 3.84. The van der Waals surface area contributed by atoms with Crippen molar-refractivity contribution in [1.82, 2.24) is 9.80 Å². The van der Waals surface area contributed by atoms with Crippen molar-refractivity contribution in [3.63, 3.8) is 0 Å². The zero-order chi connectivity index (χ0) is 22.8. The maximum absolute atomic E-state index is 12.3. The number of ether oxygens (including phenoxy) is 4. The summed E-state index contributed by atoms with van der Waals surface area (Å²) in [6.07, 6.45) is 6.07. The Bertz CT molecular complexity index is 721. The van der Waals surface area contributed by atoms with Crippen LogP contribution in [0.5, 0.6) is 0 Å². The maximum atomic E-state index is 12.3. The van der Waals surface area contributed by atoms with E-state index in [-0.39, 0.29) is 37.2 Å². The number of hydrogen-bond acceptors (Lipinski definition) is 7. The second-order valence-corrected chi connectivity index (χ2v) is 8.03. The Morgan fingerprint density at radius 1 is 0.938 bits per heavy atom. The average molecular weight is 449 g/mol. The van der Waals surface area contributed by atoms with Gasteiger partial charge in [0.2, 0.25) is 0 Å². The Labute approximate surface area is 189 Å². The summed E-state index contributed by atoms with van der Waals surface area (Å²) in [5.74, 6) is 6.64. The van der Waals surface area contributed by atoms with Gasteiger partial charge in [-0.3, -0.25) is 14.5 Å². The predicted octanol–water partition coefficient (Wildman–Crippen LogP) is 1.22. The van der Waals surface area contributed by atoms with Crippen molar-refractivity contribution in [2.24, 2.45) is 11.8 Å². The molecule has 1 fully saturated rings. The molecule has 0 spiro atoms. The average Bonchev–Trinajstić information content (AvgIpc) is 3.27. The summed E-state index contributed by atoms with van der Waals surface area (Å²) in [7, 11) is 1.71. The van der Waals surface area contributed by atoms with E-state index in [1.54, 1.807) is 11.9 Å². The molecule has 0 radical (unpaired) electrons. The van der Waals surface area contributed by atoms with E-state index in [0.717, 1.165) is 30.6 Å². The highest BCUT2D eigenvalue weighted by molar-refractivity contribution is 6.12. The second-order valence-electron chi connectivity index (χ2n) is 8.03. The van der Waals surface area contributed by atoms with E-state index >= 15 is 0 Å². The number of rotatable bonds is 13. The zero-order valence-corrected chi connectivity index (χ0v) is 18.6. The molecule has 2 aliphatic carbocycles. The Hall–Kier alpha value is -2.41. The summed E-state index contributed by atoms with van der Waals surface area (Å²) in [6.45, 7) is 2.96. The van der Waals surface area contributed by atoms with Crippen LogP contribution in [0.15, 0.2) is 12.2 Å². The van der Waals surface area contributed by atoms with Crippen LogP contribution in [0.2, 0.25) is 0 Å². The van der Waals surface area contributed by atoms with Crippen LogP contribution in [0.1, 0.15) is 25.7 Å². The highest BCUT2D eigenvalue weighted by atomic mass is 16.6. The van der Waals surface area contributed by atoms with Crippen LogP contribution >= 0.6 is 0 Å². The monoisotopic (exact) mass is 448 g/mol. The number of carbonyl (C=O) groups excluding carboxylic acids is 3. The molecule has 0 aromatic carbocycles. The molecule has 9 nitrogen and oxygen atoms in total. The lowest BCUT2D eigenvalue weighted by Crippen LogP contribution is -2.33. The van der Waals surface area contributed by atoms with Gasteiger partial charge in [0.25, 0.3) is 11.8 Å². The van der Waals surface area contributed by atoms with Crippen LogP contribution in [0.4, 0.5) is 4.79 Å². The van der Waals surface area contributed by atoms with Crippen molar-refractivity contribution in [3.05, 3.63) is 12.2 Å². The van der Waals surface area contributed by atoms with Crippen molar-refractivity contribution in [3.8, 4) is 11.8 Å². The number of likely N-dealkylation sites (N-methyl/N-ethyl adjacent to an activating group) is 1. The third-order valence-electron chi connectivity index (χ3n) is 5.81. The molecule has 3 aliphatic rings. The Morgan fingerprint density at radius 3 is 2.06 bits per heavy atom. The number of fused-ring (bicyclic) bond motifs is 1. The highest BCUT2D eigenvalue weighted by Gasteiger charge is 2.52. The van der Waals surface area contributed by atoms with E-state index in [4.69, 9.17) is 18.9 Å². The van der Waals surface area contributed by atoms with E-state index in [1.807, 2.05) is 0 Å². The van der Waals surface area contributed by atoms with E-state index in [9.17, 15) is 14.4 Å². The first-order valence-corrected chi connectivity index (χ1v) is 11.2. The molecule has 0 N–H and O–H groups in total. The normalized spacial score (nSPS) is 23.8. The number of carbonyl (C=O) groups is 3. The molecule has 32 heavy (non-hydrogen) atoms. The van der Waals surface area contributed by atoms with Crippen LogP contribution in [0, 0.1) is 23.7 Å². The molecule has 3 rings (SSSR count). The maximum Gasteiger partial charge on any atom is 0.409 e. The minimum Gasteiger partial charge on any atom is -0.445 e. The molecule has 1 aliphatic heterocycles. The van der Waals surface area contributed by atoms with Crippen molar-refractivity contribution in [2.45, 2.75) is 31.8 Å². The van der Waals surface area contributed by atoms with Gasteiger partial charge in [0, 0.05) is 50.4 Å². The van der Waals surface area contributed by atoms with Gasteiger partial charge >= 0.3 is 6.09 Å². The fourth-order valence-electron chi connectivity index (χ4n) is 3.84. The summed E-state index contributed by atoms with van der Waals surface area (Å²) in [5.41, 5.74) is 0. The summed E-state index contributed by atoms with van der Waals surface area (Å²) >= 11 is 0. The number of nitrogens with zero attached hydrogens (tertiary/aromatic N) is 2. The highest BCUT2D eigenvalue weighted by Crippen LogP contribution is 2.48. The Balaban J connectivity index is 1.12. The van der Waals surface area contributed by atoms with Gasteiger partial charge in [0.1, 0.15) is 6.10 Å². The Kier molecular flexibility index (Phi) is 9.53. The van der Waals surface area contributed by atoms with E-state index < -0.39 is 0 Å². The lowest BCUT2D eigenvalue weighted by atomic mass is 10.1. The SMILES string of the molecule is CN(CCOCCOCCOCCN1C(=O)C=CC1=O)C(=O)OC1[C@H]2CCC#CCC[C@@H]12. The summed E-state index contributed by atoms with van der Waals surface area (Å²) in [4.78, 5) is 37.7. The van der Waals surface area contributed by atoms with Gasteiger partial charge in [-0.1, -0.05) is 0 Å². The third-order valence-corrected chi connectivity index (χ3v) is 5.81. The minimum atomic E-state index is -0.308. The lowest BCUT2D eigenvalue weighted by molar-refractivity contribution is -0.137. The number of imide groups is 1. The largest absolute Gasteiger partial charge is 0.445 e. The van der Waals surface area contributed by atoms with Crippen LogP contribution in [0.25, 0.3) is 0 Å². The van der Waals surface area contributed by atoms with Gasteiger partial charge in [0.15, 0.2) is 0 Å². The van der Waals surface area contributed by atoms with Gasteiger partial charge in [-0.15, -0.1) is 11.8 Å². The van der Waals surface area contributed by atoms with Gasteiger partial charge in [-0.25, -0.2) is 4.79 Å². The van der Waals surface area contributed by atoms with Crippen molar-refractivity contribution in [2.75, 3.05) is 59.8 Å². The predicted molar refractivity (Wildman–Crippen MR) is 114 cm³/mol. The molecule has 3 atom stereocenters. The van der Waals surface area contributed by atoms with E-state index in [1.165, 1.54) is 12.2 Å². The quantitative estimate of drug-likeness (QED) is 0.238. The summed E-state index contributed by atoms with van der Waals surface area (Å²) in [5, 5.41) is 0. The van der Waals surface area contributed by atoms with Crippen LogP contribution in [-0.4, -0.2) is 93.6 Å². The molecule has 9 heteroatoms. The fraction of sp³-hybridized carbons (Fsp3) is 0.696. The topological polar surface area (TPSA) is 94.6 Å². The van der Waals surface area contributed by atoms with Gasteiger partial charge in [0.05, 0.1) is 46.2 Å². The molecule has 3 amide bonds. The smallest absolute Gasteiger partial charge is 0.409 e. The molecule has 0 saturated heterocycles. The molecule has 0 aromatic heterocycles. The first kappa shape index (κ1) is 24.2. The molecule has 1 heterocycles. The Morgan fingerprint density at radius 2 is 1.47 bits per heavy atom. The first-order chi connectivity index (χ1) is 15.6. The van der Waals surface area contributed by atoms with Crippen LogP contribution in [0.3, 0.4) is 0 Å². The van der Waals surface area contributed by atoms with Crippen LogP contribution in [-0.2, 0) is 28.5 Å². The zero-order valence-electron chi connectivity index (χ0n) is 18.6. The van der Waals surface area contributed by atoms with E-state index in [2.05, 4.69) is 11.8 Å². The molecule has 0 bridgehead atoms. The molecule has 176 valence electrons. The number of amides is 3. The summed E-state index contributed by atoms with van der Waals surface area (Å²) < 4.78 is 21.9. The molecule has 0 aromatic rings. The molecular formula is C23H32N2O7. The van der Waals surface area contributed by atoms with Gasteiger partial charge in [-0.05, 0) is 12.8 Å². The van der Waals surface area contributed by atoms with Crippen LogP contribution < -0.4 is 0 Å². The lowest BCUT2D eigenvalue weighted by Gasteiger charge is -2.17. The van der Waals surface area contributed by atoms with E-state index in [0.29, 0.717) is 51.4 Å². The standard InChI is InChI=1S/C23H32N2O7/c1-24(23(28)32-22-18-6-4-2-3-5-7-19(18)22)10-12-29-14-16-31-17-15-30-13-11-25-20(26)8-9-21(25)27/h8-9,18-19,22H,4-7,10-17H2,1H3/t18-,19+,22?. The second kappa shape index (κ2) is 12.6. The van der Waals surface area contributed by atoms with Crippen molar-refractivity contribution >= 4 is 17.9 Å². The van der Waals surface area contributed by atoms with Gasteiger partial charge in [-0.2, -0.15) is 0 Å². The number of hydrogen-bond donors (Lipinski definition) is 0. The van der Waals surface area contributed by atoms with Crippen molar-refractivity contribution < 1.29 is 33.3 Å². The minimum absolute atomic E-state index is 0.0381. The summed E-state index contributed by atoms with van der Waals surface area (Å²) in [6, 6.07) is 0. The third kappa shape index (κ3) is 7.33. The molecule has 1 unspecified atom stereocenters. The van der Waals surface area contributed by atoms with Gasteiger partial charge < -0.3 is 23.8 Å². The molecular weight excluding hydrogens is 416 g/mol. The first-order valence-electron chi connectivity index (χ1n) is 11.2.